The fourth-order valence-corrected chi connectivity index (χ4v) is 5.21. The number of rotatable bonds is 20. The number of allylic oxidation sites excluding steroid dienone is 6. The minimum absolute atomic E-state index is 0.0273. The van der Waals surface area contributed by atoms with E-state index in [-0.39, 0.29) is 35.9 Å². The van der Waals surface area contributed by atoms with E-state index < -0.39 is 5.60 Å². The van der Waals surface area contributed by atoms with Crippen LogP contribution in [0, 0.1) is 0 Å². The van der Waals surface area contributed by atoms with Crippen LogP contribution >= 0.6 is 0 Å². The smallest absolute Gasteiger partial charge is 0.311 e. The summed E-state index contributed by atoms with van der Waals surface area (Å²) in [7, 11) is 1.54. The fourth-order valence-electron chi connectivity index (χ4n) is 5.21. The molecule has 0 bridgehead atoms. The molecule has 0 aliphatic carbocycles. The van der Waals surface area contributed by atoms with Crippen molar-refractivity contribution in [3.63, 3.8) is 0 Å². The second-order valence-corrected chi connectivity index (χ2v) is 11.8. The van der Waals surface area contributed by atoms with Crippen LogP contribution in [0.15, 0.2) is 42.0 Å². The number of ketones is 1. The van der Waals surface area contributed by atoms with Crippen molar-refractivity contribution >= 4 is 18.0 Å². The van der Waals surface area contributed by atoms with Gasteiger partial charge < -0.3 is 14.2 Å². The molecule has 6 heteroatoms. The number of ether oxygens (including phenoxy) is 3. The van der Waals surface area contributed by atoms with Crippen LogP contribution in [0.5, 0.6) is 17.2 Å². The molecule has 1 aromatic carbocycles. The second kappa shape index (κ2) is 19.1. The molecule has 2 rings (SSSR count). The Morgan fingerprint density at radius 2 is 1.62 bits per heavy atom. The van der Waals surface area contributed by atoms with Gasteiger partial charge in [0.2, 0.25) is 0 Å². The van der Waals surface area contributed by atoms with Gasteiger partial charge in [0.1, 0.15) is 22.8 Å². The van der Waals surface area contributed by atoms with Crippen molar-refractivity contribution in [1.29, 1.82) is 0 Å². The molecular formula is C36H52O6. The molecule has 0 saturated heterocycles. The highest BCUT2D eigenvalue weighted by Crippen LogP contribution is 2.45. The predicted molar refractivity (Wildman–Crippen MR) is 170 cm³/mol. The molecule has 1 atom stereocenters. The van der Waals surface area contributed by atoms with Gasteiger partial charge in [-0.1, -0.05) is 68.9 Å². The van der Waals surface area contributed by atoms with Gasteiger partial charge in [-0.2, -0.15) is 0 Å². The number of methoxy groups -OCH3 is 1. The molecule has 232 valence electrons. The van der Waals surface area contributed by atoms with Crippen LogP contribution in [0.2, 0.25) is 0 Å². The van der Waals surface area contributed by atoms with Gasteiger partial charge in [-0.25, -0.2) is 0 Å². The largest absolute Gasteiger partial charge is 0.496 e. The Hall–Kier alpha value is -3.15. The first-order valence-corrected chi connectivity index (χ1v) is 15.8. The van der Waals surface area contributed by atoms with E-state index in [1.165, 1.54) is 32.8 Å². The lowest BCUT2D eigenvalue weighted by molar-refractivity contribution is -0.134. The second-order valence-electron chi connectivity index (χ2n) is 11.8. The quantitative estimate of drug-likeness (QED) is 0.0382. The summed E-state index contributed by atoms with van der Waals surface area (Å²) in [6.45, 7) is 7.85. The highest BCUT2D eigenvalue weighted by molar-refractivity contribution is 5.91. The normalized spacial score (nSPS) is 16.2. The van der Waals surface area contributed by atoms with Crippen molar-refractivity contribution in [2.24, 2.45) is 0 Å². The number of aldehydes is 1. The molecule has 42 heavy (non-hydrogen) atoms. The van der Waals surface area contributed by atoms with Gasteiger partial charge >= 0.3 is 5.97 Å². The maximum absolute atomic E-state index is 12.7. The summed E-state index contributed by atoms with van der Waals surface area (Å²) in [5.74, 6) is 0.563. The SMILES string of the molecule is CCCCC/C=C\C/C=C\CCCCCCCC(=O)Oc1cc(OC)c2c(c1C=O)O[C@](C)(CC(=O)C=C(C)C)CC2. The van der Waals surface area contributed by atoms with Crippen LogP contribution in [0.3, 0.4) is 0 Å². The first-order chi connectivity index (χ1) is 20.2. The number of hydrogen-bond donors (Lipinski definition) is 0. The van der Waals surface area contributed by atoms with Crippen LogP contribution in [-0.4, -0.2) is 30.7 Å². The Balaban J connectivity index is 1.82. The maximum atomic E-state index is 12.7. The summed E-state index contributed by atoms with van der Waals surface area (Å²) < 4.78 is 17.5. The van der Waals surface area contributed by atoms with Crippen LogP contribution in [0.1, 0.15) is 134 Å². The van der Waals surface area contributed by atoms with E-state index >= 15 is 0 Å². The van der Waals surface area contributed by atoms with Gasteiger partial charge in [-0.15, -0.1) is 0 Å². The minimum Gasteiger partial charge on any atom is -0.496 e. The van der Waals surface area contributed by atoms with E-state index in [4.69, 9.17) is 14.2 Å². The zero-order valence-electron chi connectivity index (χ0n) is 26.6. The molecule has 1 heterocycles. The summed E-state index contributed by atoms with van der Waals surface area (Å²) in [5.41, 5.74) is 1.08. The van der Waals surface area contributed by atoms with Crippen molar-refractivity contribution in [2.45, 2.75) is 130 Å². The number of carbonyl (C=O) groups excluding carboxylic acids is 3. The molecule has 0 N–H and O–H groups in total. The molecule has 0 fully saturated rings. The fraction of sp³-hybridized carbons (Fsp3) is 0.583. The average Bonchev–Trinajstić information content (AvgIpc) is 2.93. The Morgan fingerprint density at radius 3 is 2.26 bits per heavy atom. The summed E-state index contributed by atoms with van der Waals surface area (Å²) in [6.07, 6.45) is 25.1. The van der Waals surface area contributed by atoms with E-state index in [9.17, 15) is 14.4 Å². The van der Waals surface area contributed by atoms with Gasteiger partial charge in [0.25, 0.3) is 0 Å². The van der Waals surface area contributed by atoms with Crippen molar-refractivity contribution in [2.75, 3.05) is 7.11 Å². The highest BCUT2D eigenvalue weighted by Gasteiger charge is 2.37. The molecule has 6 nitrogen and oxygen atoms in total. The standard InChI is InChI=1S/C36H52O6/c1-6-7-8-9-10-11-12-13-14-15-16-17-18-19-20-21-34(39)41-33-25-32(40-5)30-22-23-36(4,26-29(38)24-28(2)3)42-35(30)31(33)27-37/h10-11,13-14,24-25,27H,6-9,12,15-23,26H2,1-5H3/b11-10-,14-13-/t36-/m0/s1. The predicted octanol–water partition coefficient (Wildman–Crippen LogP) is 9.24. The first kappa shape index (κ1) is 35.0. The van der Waals surface area contributed by atoms with Gasteiger partial charge in [0.15, 0.2) is 12.1 Å². The highest BCUT2D eigenvalue weighted by atomic mass is 16.5. The van der Waals surface area contributed by atoms with Gasteiger partial charge in [0, 0.05) is 24.5 Å². The number of carbonyl (C=O) groups is 3. The molecule has 1 aliphatic heterocycles. The van der Waals surface area contributed by atoms with Gasteiger partial charge in [-0.05, 0) is 78.2 Å². The lowest BCUT2D eigenvalue weighted by atomic mass is 9.86. The topological polar surface area (TPSA) is 78.9 Å². The molecule has 1 aromatic rings. The van der Waals surface area contributed by atoms with E-state index in [2.05, 4.69) is 31.2 Å². The molecule has 0 saturated carbocycles. The molecule has 1 aliphatic rings. The first-order valence-electron chi connectivity index (χ1n) is 15.8. The third-order valence-electron chi connectivity index (χ3n) is 7.49. The molecular weight excluding hydrogens is 528 g/mol. The van der Waals surface area contributed by atoms with Crippen molar-refractivity contribution in [1.82, 2.24) is 0 Å². The molecule has 0 unspecified atom stereocenters. The lowest BCUT2D eigenvalue weighted by Gasteiger charge is -2.36. The third-order valence-corrected chi connectivity index (χ3v) is 7.49. The molecule has 0 amide bonds. The van der Waals surface area contributed by atoms with Gasteiger partial charge in [-0.3, -0.25) is 14.4 Å². The summed E-state index contributed by atoms with van der Waals surface area (Å²) in [5, 5.41) is 0. The van der Waals surface area contributed by atoms with Crippen molar-refractivity contribution in [3.8, 4) is 17.2 Å². The van der Waals surface area contributed by atoms with E-state index in [0.29, 0.717) is 30.6 Å². The maximum Gasteiger partial charge on any atom is 0.311 e. The average molecular weight is 581 g/mol. The van der Waals surface area contributed by atoms with Crippen molar-refractivity contribution in [3.05, 3.63) is 53.1 Å². The Labute approximate surface area is 253 Å². The van der Waals surface area contributed by atoms with Crippen LogP contribution in [0.4, 0.5) is 0 Å². The number of unbranched alkanes of at least 4 members (excludes halogenated alkanes) is 8. The monoisotopic (exact) mass is 580 g/mol. The Morgan fingerprint density at radius 1 is 0.952 bits per heavy atom. The van der Waals surface area contributed by atoms with E-state index in [0.717, 1.165) is 56.1 Å². The molecule has 0 spiro atoms. The zero-order chi connectivity index (χ0) is 30.8. The summed E-state index contributed by atoms with van der Waals surface area (Å²) >= 11 is 0. The third kappa shape index (κ3) is 12.4. The van der Waals surface area contributed by atoms with E-state index in [1.54, 1.807) is 12.1 Å². The van der Waals surface area contributed by atoms with Crippen LogP contribution in [-0.2, 0) is 16.0 Å². The minimum atomic E-state index is -0.776. The van der Waals surface area contributed by atoms with Crippen LogP contribution in [0.25, 0.3) is 0 Å². The number of hydrogen-bond acceptors (Lipinski definition) is 6. The molecule has 0 radical (unpaired) electrons. The number of benzene rings is 1. The zero-order valence-corrected chi connectivity index (χ0v) is 26.6. The van der Waals surface area contributed by atoms with Gasteiger partial charge in [0.05, 0.1) is 12.7 Å². The van der Waals surface area contributed by atoms with E-state index in [1.807, 2.05) is 20.8 Å². The van der Waals surface area contributed by atoms with Crippen molar-refractivity contribution < 1.29 is 28.6 Å². The molecule has 0 aromatic heterocycles. The summed E-state index contributed by atoms with van der Waals surface area (Å²) in [6, 6.07) is 1.59. The Kier molecular flexibility index (Phi) is 16.0. The van der Waals surface area contributed by atoms with Crippen LogP contribution < -0.4 is 14.2 Å². The number of esters is 1. The lowest BCUT2D eigenvalue weighted by Crippen LogP contribution is -2.39. The number of fused-ring (bicyclic) bond motifs is 1. The Bertz CT molecular complexity index is 1110. The summed E-state index contributed by atoms with van der Waals surface area (Å²) in [4.78, 5) is 37.3.